The molecule has 0 saturated carbocycles. The van der Waals surface area contributed by atoms with E-state index in [1.807, 2.05) is 24.3 Å². The number of benzene rings is 2. The number of nitrogens with two attached hydrogens (primary N) is 1. The summed E-state index contributed by atoms with van der Waals surface area (Å²) in [6, 6.07) is 11.4. The molecule has 0 unspecified atom stereocenters. The molecular formula is C21H23BrCl2N2O. The predicted molar refractivity (Wildman–Crippen MR) is 116 cm³/mol. The first kappa shape index (κ1) is 20.7. The highest BCUT2D eigenvalue weighted by Crippen LogP contribution is 2.28. The van der Waals surface area contributed by atoms with Crippen LogP contribution in [0.15, 0.2) is 40.9 Å². The summed E-state index contributed by atoms with van der Waals surface area (Å²) in [6.07, 6.45) is 4.29. The Morgan fingerprint density at radius 1 is 1.11 bits per heavy atom. The lowest BCUT2D eigenvalue weighted by Crippen LogP contribution is -2.35. The van der Waals surface area contributed by atoms with Crippen LogP contribution >= 0.6 is 39.1 Å². The average molecular weight is 470 g/mol. The van der Waals surface area contributed by atoms with E-state index in [-0.39, 0.29) is 0 Å². The molecule has 1 heterocycles. The molecule has 2 N–H and O–H groups in total. The molecule has 1 fully saturated rings. The van der Waals surface area contributed by atoms with Gasteiger partial charge in [0.05, 0.1) is 0 Å². The van der Waals surface area contributed by atoms with E-state index < -0.39 is 5.91 Å². The summed E-state index contributed by atoms with van der Waals surface area (Å²) >= 11 is 15.9. The van der Waals surface area contributed by atoms with Crippen LogP contribution in [0, 0.1) is 5.92 Å². The van der Waals surface area contributed by atoms with Gasteiger partial charge in [0.1, 0.15) is 0 Å². The van der Waals surface area contributed by atoms with Gasteiger partial charge in [-0.05, 0) is 92.2 Å². The van der Waals surface area contributed by atoms with Crippen LogP contribution in [-0.4, -0.2) is 30.4 Å². The Morgan fingerprint density at radius 3 is 2.56 bits per heavy atom. The van der Waals surface area contributed by atoms with Gasteiger partial charge in [0.25, 0.3) is 0 Å². The summed E-state index contributed by atoms with van der Waals surface area (Å²) in [4.78, 5) is 13.9. The highest BCUT2D eigenvalue weighted by molar-refractivity contribution is 9.10. The summed E-state index contributed by atoms with van der Waals surface area (Å²) in [5, 5.41) is 1.36. The number of hydrogen-bond acceptors (Lipinski definition) is 2. The van der Waals surface area contributed by atoms with Crippen LogP contribution in [0.25, 0.3) is 0 Å². The zero-order chi connectivity index (χ0) is 19.4. The molecule has 1 aliphatic rings. The smallest absolute Gasteiger partial charge is 0.248 e. The van der Waals surface area contributed by atoms with E-state index in [0.29, 0.717) is 16.5 Å². The van der Waals surface area contributed by atoms with Crippen molar-refractivity contribution in [1.82, 2.24) is 4.90 Å². The van der Waals surface area contributed by atoms with Crippen molar-refractivity contribution in [3.05, 3.63) is 67.6 Å². The maximum Gasteiger partial charge on any atom is 0.248 e. The largest absolute Gasteiger partial charge is 0.366 e. The molecule has 3 nitrogen and oxygen atoms in total. The van der Waals surface area contributed by atoms with Gasteiger partial charge >= 0.3 is 0 Å². The fourth-order valence-corrected chi connectivity index (χ4v) is 4.51. The second kappa shape index (κ2) is 9.42. The van der Waals surface area contributed by atoms with E-state index in [9.17, 15) is 4.79 Å². The predicted octanol–water partition coefficient (Wildman–Crippen LogP) is 5.35. The normalized spacial score (nSPS) is 15.8. The number of likely N-dealkylation sites (tertiary alicyclic amines) is 1. The van der Waals surface area contributed by atoms with E-state index in [1.165, 1.54) is 18.4 Å². The summed E-state index contributed by atoms with van der Waals surface area (Å²) in [7, 11) is 0. The van der Waals surface area contributed by atoms with Crippen molar-refractivity contribution in [3.8, 4) is 0 Å². The van der Waals surface area contributed by atoms with Crippen molar-refractivity contribution in [2.24, 2.45) is 11.7 Å². The third-order valence-corrected chi connectivity index (χ3v) is 6.41. The Labute approximate surface area is 179 Å². The third kappa shape index (κ3) is 5.95. The fraction of sp³-hybridized carbons (Fsp3) is 0.381. The maximum absolute atomic E-state index is 11.4. The second-order valence-electron chi connectivity index (χ2n) is 7.19. The van der Waals surface area contributed by atoms with Crippen molar-refractivity contribution in [1.29, 1.82) is 0 Å². The third-order valence-electron chi connectivity index (χ3n) is 5.18. The molecule has 6 heteroatoms. The number of hydrogen-bond donors (Lipinski definition) is 1. The number of halogens is 3. The van der Waals surface area contributed by atoms with E-state index in [0.717, 1.165) is 47.5 Å². The lowest BCUT2D eigenvalue weighted by molar-refractivity contribution is 0.1000. The first-order chi connectivity index (χ1) is 12.9. The number of primary amides is 1. The molecular weight excluding hydrogens is 447 g/mol. The Morgan fingerprint density at radius 2 is 1.85 bits per heavy atom. The van der Waals surface area contributed by atoms with Crippen LogP contribution in [0.3, 0.4) is 0 Å². The molecule has 0 aliphatic carbocycles. The van der Waals surface area contributed by atoms with E-state index in [1.54, 1.807) is 6.07 Å². The highest BCUT2D eigenvalue weighted by Gasteiger charge is 2.20. The zero-order valence-electron chi connectivity index (χ0n) is 15.1. The Kier molecular flexibility index (Phi) is 7.21. The van der Waals surface area contributed by atoms with E-state index in [4.69, 9.17) is 28.9 Å². The molecule has 144 valence electrons. The minimum Gasteiger partial charge on any atom is -0.366 e. The number of carbonyl (C=O) groups excluding carboxylic acids is 1. The van der Waals surface area contributed by atoms with Gasteiger partial charge in [-0.15, -0.1) is 0 Å². The number of nitrogens with zero attached hydrogens (tertiary/aromatic N) is 1. The van der Waals surface area contributed by atoms with Crippen LogP contribution in [0.1, 0.15) is 34.3 Å². The zero-order valence-corrected chi connectivity index (χ0v) is 18.2. The molecule has 2 aromatic carbocycles. The molecule has 27 heavy (non-hydrogen) atoms. The monoisotopic (exact) mass is 468 g/mol. The lowest BCUT2D eigenvalue weighted by Gasteiger charge is -2.32. The van der Waals surface area contributed by atoms with Crippen molar-refractivity contribution >= 4 is 45.0 Å². The molecule has 0 spiro atoms. The number of piperidine rings is 1. The van der Waals surface area contributed by atoms with Crippen LogP contribution in [0.2, 0.25) is 10.0 Å². The first-order valence-electron chi connectivity index (χ1n) is 9.16. The van der Waals surface area contributed by atoms with Gasteiger partial charge in [0.2, 0.25) is 5.91 Å². The van der Waals surface area contributed by atoms with E-state index >= 15 is 0 Å². The minimum absolute atomic E-state index is 0.438. The van der Waals surface area contributed by atoms with Gasteiger partial charge in [0.15, 0.2) is 0 Å². The van der Waals surface area contributed by atoms with Gasteiger partial charge in [0, 0.05) is 26.6 Å². The highest BCUT2D eigenvalue weighted by atomic mass is 79.9. The Hall–Kier alpha value is -1.07. The van der Waals surface area contributed by atoms with E-state index in [2.05, 4.69) is 26.9 Å². The van der Waals surface area contributed by atoms with Crippen LogP contribution in [0.5, 0.6) is 0 Å². The molecule has 0 atom stereocenters. The van der Waals surface area contributed by atoms with Crippen LogP contribution < -0.4 is 5.73 Å². The minimum atomic E-state index is -0.438. The summed E-state index contributed by atoms with van der Waals surface area (Å²) < 4.78 is 1.14. The Balaban J connectivity index is 1.50. The van der Waals surface area contributed by atoms with Gasteiger partial charge in [-0.2, -0.15) is 0 Å². The Bertz CT molecular complexity index is 820. The SMILES string of the molecule is NC(=O)c1cc(Cl)cc(CCN2CCC(Cc3cc(Cl)ccc3Br)CC2)c1. The lowest BCUT2D eigenvalue weighted by atomic mass is 9.90. The number of rotatable bonds is 6. The maximum atomic E-state index is 11.4. The molecule has 1 amide bonds. The molecule has 0 aromatic heterocycles. The average Bonchev–Trinajstić information content (AvgIpc) is 2.64. The molecule has 2 aromatic rings. The van der Waals surface area contributed by atoms with Gasteiger partial charge in [-0.25, -0.2) is 0 Å². The molecule has 0 bridgehead atoms. The topological polar surface area (TPSA) is 46.3 Å². The van der Waals surface area contributed by atoms with Crippen molar-refractivity contribution in [3.63, 3.8) is 0 Å². The number of amides is 1. The molecule has 0 radical (unpaired) electrons. The van der Waals surface area contributed by atoms with Crippen molar-refractivity contribution in [2.45, 2.75) is 25.7 Å². The standard InChI is InChI=1S/C21H23BrCl2N2O/c22-20-2-1-18(23)12-16(20)9-14-3-6-26(7-4-14)8-5-15-10-17(21(25)27)13-19(24)11-15/h1-2,10-14H,3-9H2,(H2,25,27). The summed E-state index contributed by atoms with van der Waals surface area (Å²) in [5.41, 5.74) is 8.19. The van der Waals surface area contributed by atoms with Crippen molar-refractivity contribution in [2.75, 3.05) is 19.6 Å². The summed E-state index contributed by atoms with van der Waals surface area (Å²) in [6.45, 7) is 3.14. The number of carbonyl (C=O) groups is 1. The van der Waals surface area contributed by atoms with Crippen molar-refractivity contribution < 1.29 is 4.79 Å². The molecule has 3 rings (SSSR count). The van der Waals surface area contributed by atoms with Gasteiger partial charge in [-0.3, -0.25) is 4.79 Å². The second-order valence-corrected chi connectivity index (χ2v) is 8.91. The quantitative estimate of drug-likeness (QED) is 0.619. The van der Waals surface area contributed by atoms with Gasteiger partial charge < -0.3 is 10.6 Å². The summed E-state index contributed by atoms with van der Waals surface area (Å²) in [5.74, 6) is 0.246. The fourth-order valence-electron chi connectivity index (χ4n) is 3.65. The van der Waals surface area contributed by atoms with Gasteiger partial charge in [-0.1, -0.05) is 39.1 Å². The van der Waals surface area contributed by atoms with Crippen LogP contribution in [-0.2, 0) is 12.8 Å². The first-order valence-corrected chi connectivity index (χ1v) is 10.7. The molecule has 1 saturated heterocycles. The molecule has 1 aliphatic heterocycles. The van der Waals surface area contributed by atoms with Crippen LogP contribution in [0.4, 0.5) is 0 Å².